The van der Waals surface area contributed by atoms with E-state index in [2.05, 4.69) is 14.7 Å². The molecule has 0 unspecified atom stereocenters. The minimum absolute atomic E-state index is 0.247. The maximum absolute atomic E-state index is 11.6. The van der Waals surface area contributed by atoms with Crippen LogP contribution >= 0.6 is 0 Å². The second-order valence-electron chi connectivity index (χ2n) is 7.22. The van der Waals surface area contributed by atoms with Gasteiger partial charge in [-0.3, -0.25) is 19.5 Å². The molecule has 0 spiro atoms. The molecule has 6 nitrogen and oxygen atoms in total. The van der Waals surface area contributed by atoms with Crippen LogP contribution in [0.2, 0.25) is 0 Å². The first-order chi connectivity index (χ1) is 11.2. The Balaban J connectivity index is 1.52. The van der Waals surface area contributed by atoms with Crippen LogP contribution in [0.1, 0.15) is 25.7 Å². The van der Waals surface area contributed by atoms with Gasteiger partial charge in [0, 0.05) is 58.4 Å². The van der Waals surface area contributed by atoms with Crippen molar-refractivity contribution in [3.05, 3.63) is 0 Å². The van der Waals surface area contributed by atoms with Crippen molar-refractivity contribution >= 4 is 5.97 Å². The lowest BCUT2D eigenvalue weighted by Crippen LogP contribution is -2.43. The van der Waals surface area contributed by atoms with Crippen molar-refractivity contribution in [2.24, 2.45) is 5.92 Å². The number of nitrogens with zero attached hydrogens (tertiary/aromatic N) is 3. The zero-order valence-corrected chi connectivity index (χ0v) is 14.2. The third-order valence-electron chi connectivity index (χ3n) is 5.66. The average Bonchev–Trinajstić information content (AvgIpc) is 3.01. The number of aliphatic carboxylic acids is 1. The fraction of sp³-hybridized carbons (Fsp3) is 0.941. The number of ether oxygens (including phenoxy) is 1. The minimum Gasteiger partial charge on any atom is -0.481 e. The van der Waals surface area contributed by atoms with Crippen molar-refractivity contribution < 1.29 is 14.6 Å². The Hall–Kier alpha value is -0.690. The van der Waals surface area contributed by atoms with Gasteiger partial charge < -0.3 is 9.84 Å². The summed E-state index contributed by atoms with van der Waals surface area (Å²) in [7, 11) is 0. The number of carbonyl (C=O) groups is 1. The van der Waals surface area contributed by atoms with E-state index < -0.39 is 5.97 Å². The average molecular weight is 325 g/mol. The van der Waals surface area contributed by atoms with Crippen LogP contribution in [0.4, 0.5) is 0 Å². The molecule has 2 saturated heterocycles. The van der Waals surface area contributed by atoms with Gasteiger partial charge in [0.05, 0.1) is 19.1 Å². The lowest BCUT2D eigenvalue weighted by atomic mass is 10.1. The maximum atomic E-state index is 11.6. The predicted octanol–water partition coefficient (Wildman–Crippen LogP) is 0.580. The number of hydrogen-bond acceptors (Lipinski definition) is 5. The smallest absolute Gasteiger partial charge is 0.309 e. The highest BCUT2D eigenvalue weighted by Crippen LogP contribution is 2.25. The Labute approximate surface area is 139 Å². The molecule has 0 radical (unpaired) electrons. The molecule has 1 aliphatic carbocycles. The van der Waals surface area contributed by atoms with Gasteiger partial charge in [-0.05, 0) is 12.8 Å². The van der Waals surface area contributed by atoms with E-state index in [4.69, 9.17) is 4.74 Å². The Kier molecular flexibility index (Phi) is 6.28. The van der Waals surface area contributed by atoms with Crippen LogP contribution in [0.3, 0.4) is 0 Å². The summed E-state index contributed by atoms with van der Waals surface area (Å²) in [5.74, 6) is -0.881. The van der Waals surface area contributed by atoms with Crippen molar-refractivity contribution in [1.29, 1.82) is 0 Å². The van der Waals surface area contributed by atoms with Gasteiger partial charge in [-0.2, -0.15) is 0 Å². The second kappa shape index (κ2) is 8.42. The quantitative estimate of drug-likeness (QED) is 0.798. The number of hydrogen-bond donors (Lipinski definition) is 1. The fourth-order valence-corrected chi connectivity index (χ4v) is 4.17. The van der Waals surface area contributed by atoms with Crippen LogP contribution in [0.25, 0.3) is 0 Å². The highest BCUT2D eigenvalue weighted by Gasteiger charge is 2.32. The van der Waals surface area contributed by atoms with Crippen molar-refractivity contribution in [3.8, 4) is 0 Å². The molecule has 1 saturated carbocycles. The third-order valence-corrected chi connectivity index (χ3v) is 5.66. The van der Waals surface area contributed by atoms with Crippen molar-refractivity contribution in [3.63, 3.8) is 0 Å². The van der Waals surface area contributed by atoms with Crippen LogP contribution in [-0.2, 0) is 9.53 Å². The molecule has 3 fully saturated rings. The van der Waals surface area contributed by atoms with Crippen LogP contribution in [0, 0.1) is 5.92 Å². The Bertz CT molecular complexity index is 381. The molecule has 1 atom stereocenters. The number of carboxylic acids is 1. The first-order valence-electron chi connectivity index (χ1n) is 9.21. The van der Waals surface area contributed by atoms with E-state index in [0.717, 1.165) is 59.0 Å². The van der Waals surface area contributed by atoms with E-state index >= 15 is 0 Å². The summed E-state index contributed by atoms with van der Waals surface area (Å²) < 4.78 is 5.39. The van der Waals surface area contributed by atoms with E-state index in [1.54, 1.807) is 0 Å². The van der Waals surface area contributed by atoms with Crippen LogP contribution in [0.5, 0.6) is 0 Å². The zero-order chi connectivity index (χ0) is 16.1. The summed E-state index contributed by atoms with van der Waals surface area (Å²) in [6, 6.07) is 0.621. The van der Waals surface area contributed by atoms with Crippen molar-refractivity contribution in [2.45, 2.75) is 31.7 Å². The van der Waals surface area contributed by atoms with E-state index in [1.165, 1.54) is 25.7 Å². The van der Waals surface area contributed by atoms with Crippen molar-refractivity contribution in [2.75, 3.05) is 65.6 Å². The number of carboxylic acid groups (broad SMARTS) is 1. The molecule has 2 heterocycles. The number of morpholine rings is 1. The molecule has 3 rings (SSSR count). The molecule has 0 aromatic heterocycles. The monoisotopic (exact) mass is 325 g/mol. The topological polar surface area (TPSA) is 56.3 Å². The van der Waals surface area contributed by atoms with E-state index in [0.29, 0.717) is 12.6 Å². The highest BCUT2D eigenvalue weighted by atomic mass is 16.5. The minimum atomic E-state index is -0.633. The predicted molar refractivity (Wildman–Crippen MR) is 88.7 cm³/mol. The SMILES string of the molecule is O=C(O)[C@H]1CN(CCN2CCOCC2)CCN(C2CCCC2)C1. The highest BCUT2D eigenvalue weighted by molar-refractivity contribution is 5.70. The molecule has 0 bridgehead atoms. The molecular weight excluding hydrogens is 294 g/mol. The summed E-state index contributed by atoms with van der Waals surface area (Å²) in [6.07, 6.45) is 5.11. The molecule has 3 aliphatic rings. The lowest BCUT2D eigenvalue weighted by molar-refractivity contribution is -0.142. The standard InChI is InChI=1S/C17H31N3O3/c21-17(22)15-13-19(6-5-18-9-11-23-12-10-18)7-8-20(14-15)16-3-1-2-4-16/h15-16H,1-14H2,(H,21,22)/t15-/m0/s1. The van der Waals surface area contributed by atoms with Gasteiger partial charge in [0.25, 0.3) is 0 Å². The first kappa shape index (κ1) is 17.1. The summed E-state index contributed by atoms with van der Waals surface area (Å²) in [5.41, 5.74) is 0. The Morgan fingerprint density at radius 3 is 2.35 bits per heavy atom. The summed E-state index contributed by atoms with van der Waals surface area (Å²) in [4.78, 5) is 18.9. The lowest BCUT2D eigenvalue weighted by Gasteiger charge is -2.30. The van der Waals surface area contributed by atoms with Gasteiger partial charge in [-0.1, -0.05) is 12.8 Å². The zero-order valence-electron chi connectivity index (χ0n) is 14.2. The Morgan fingerprint density at radius 2 is 1.65 bits per heavy atom. The molecule has 0 aromatic rings. The van der Waals surface area contributed by atoms with Gasteiger partial charge in [0.2, 0.25) is 0 Å². The Morgan fingerprint density at radius 1 is 0.957 bits per heavy atom. The second-order valence-corrected chi connectivity index (χ2v) is 7.22. The molecule has 2 aliphatic heterocycles. The fourth-order valence-electron chi connectivity index (χ4n) is 4.17. The van der Waals surface area contributed by atoms with Crippen LogP contribution in [-0.4, -0.2) is 97.4 Å². The van der Waals surface area contributed by atoms with Crippen LogP contribution < -0.4 is 0 Å². The van der Waals surface area contributed by atoms with Gasteiger partial charge in [-0.25, -0.2) is 0 Å². The summed E-state index contributed by atoms with van der Waals surface area (Å²) >= 11 is 0. The van der Waals surface area contributed by atoms with E-state index in [9.17, 15) is 9.90 Å². The summed E-state index contributed by atoms with van der Waals surface area (Å²) in [6.45, 7) is 9.12. The van der Waals surface area contributed by atoms with Gasteiger partial charge in [-0.15, -0.1) is 0 Å². The molecule has 0 aromatic carbocycles. The van der Waals surface area contributed by atoms with E-state index in [1.807, 2.05) is 0 Å². The first-order valence-corrected chi connectivity index (χ1v) is 9.21. The molecular formula is C17H31N3O3. The molecule has 0 amide bonds. The maximum Gasteiger partial charge on any atom is 0.309 e. The van der Waals surface area contributed by atoms with Gasteiger partial charge in [0.15, 0.2) is 0 Å². The van der Waals surface area contributed by atoms with Crippen LogP contribution in [0.15, 0.2) is 0 Å². The number of rotatable bonds is 5. The molecule has 6 heteroatoms. The van der Waals surface area contributed by atoms with Gasteiger partial charge >= 0.3 is 5.97 Å². The summed E-state index contributed by atoms with van der Waals surface area (Å²) in [5, 5.41) is 9.58. The molecule has 132 valence electrons. The van der Waals surface area contributed by atoms with Crippen molar-refractivity contribution in [1.82, 2.24) is 14.7 Å². The van der Waals surface area contributed by atoms with E-state index in [-0.39, 0.29) is 5.92 Å². The normalized spacial score (nSPS) is 29.7. The largest absolute Gasteiger partial charge is 0.481 e. The molecule has 23 heavy (non-hydrogen) atoms. The molecule has 1 N–H and O–H groups in total. The van der Waals surface area contributed by atoms with Gasteiger partial charge in [0.1, 0.15) is 0 Å². The third kappa shape index (κ3) is 4.89.